The number of anilines is 1. The van der Waals surface area contributed by atoms with E-state index in [0.29, 0.717) is 12.5 Å². The van der Waals surface area contributed by atoms with Crippen LogP contribution in [0.2, 0.25) is 0 Å². The fourth-order valence-electron chi connectivity index (χ4n) is 2.40. The van der Waals surface area contributed by atoms with Crippen LogP contribution in [0.1, 0.15) is 17.2 Å². The maximum atomic E-state index is 6.02. The summed E-state index contributed by atoms with van der Waals surface area (Å²) in [6.07, 6.45) is 0. The van der Waals surface area contributed by atoms with E-state index in [-0.39, 0.29) is 30.0 Å². The molecular weight excluding hydrogens is 427 g/mol. The molecule has 0 aliphatic rings. The van der Waals surface area contributed by atoms with Gasteiger partial charge in [0.25, 0.3) is 0 Å². The number of aryl methyl sites for hydroxylation is 1. The molecule has 0 amide bonds. The van der Waals surface area contributed by atoms with Gasteiger partial charge in [-0.25, -0.2) is 0 Å². The minimum atomic E-state index is 0. The van der Waals surface area contributed by atoms with E-state index in [9.17, 15) is 0 Å². The lowest BCUT2D eigenvalue weighted by molar-refractivity contribution is 0.306. The smallest absolute Gasteiger partial charge is 0.193 e. The standard InChI is InChI=1S/C19H26N4O.HI/c1-14-5-7-15(8-6-14)18(23(2)3)13-21-19(20)22-16-9-11-17(24-4)12-10-16;/h5-12,18H,13H2,1-4H3,(H3,20,21,22);1H. The second kappa shape index (κ2) is 10.2. The number of ether oxygens (including phenoxy) is 1. The van der Waals surface area contributed by atoms with Crippen molar-refractivity contribution in [1.29, 1.82) is 0 Å². The van der Waals surface area contributed by atoms with Gasteiger partial charge in [0, 0.05) is 5.69 Å². The van der Waals surface area contributed by atoms with Crippen molar-refractivity contribution in [2.45, 2.75) is 13.0 Å². The van der Waals surface area contributed by atoms with Crippen LogP contribution in [-0.2, 0) is 0 Å². The van der Waals surface area contributed by atoms with Crippen LogP contribution in [0.5, 0.6) is 5.75 Å². The van der Waals surface area contributed by atoms with Crippen LogP contribution in [0.25, 0.3) is 0 Å². The average Bonchev–Trinajstić information content (AvgIpc) is 2.57. The number of nitrogens with zero attached hydrogens (tertiary/aromatic N) is 2. The maximum absolute atomic E-state index is 6.02. The van der Waals surface area contributed by atoms with E-state index in [0.717, 1.165) is 11.4 Å². The lowest BCUT2D eigenvalue weighted by atomic mass is 10.0. The van der Waals surface area contributed by atoms with Crippen LogP contribution in [0, 0.1) is 6.92 Å². The predicted octanol–water partition coefficient (Wildman–Crippen LogP) is 3.65. The summed E-state index contributed by atoms with van der Waals surface area (Å²) < 4.78 is 5.14. The van der Waals surface area contributed by atoms with Crippen LogP contribution in [0.15, 0.2) is 53.5 Å². The lowest BCUT2D eigenvalue weighted by Gasteiger charge is -2.23. The summed E-state index contributed by atoms with van der Waals surface area (Å²) in [6, 6.07) is 16.3. The molecule has 2 aromatic rings. The zero-order chi connectivity index (χ0) is 17.5. The number of rotatable bonds is 6. The Morgan fingerprint density at radius 1 is 1.12 bits per heavy atom. The Hall–Kier alpha value is -1.80. The van der Waals surface area contributed by atoms with Gasteiger partial charge in [-0.3, -0.25) is 4.99 Å². The Labute approximate surface area is 167 Å². The molecule has 0 aromatic heterocycles. The number of methoxy groups -OCH3 is 1. The summed E-state index contributed by atoms with van der Waals surface area (Å²) in [7, 11) is 5.74. The molecule has 0 spiro atoms. The number of nitrogens with two attached hydrogens (primary N) is 1. The molecule has 25 heavy (non-hydrogen) atoms. The third kappa shape index (κ3) is 6.55. The van der Waals surface area contributed by atoms with Gasteiger partial charge in [-0.15, -0.1) is 24.0 Å². The number of guanidine groups is 1. The van der Waals surface area contributed by atoms with E-state index in [1.165, 1.54) is 11.1 Å². The van der Waals surface area contributed by atoms with Crippen molar-refractivity contribution in [3.8, 4) is 5.75 Å². The number of hydrogen-bond donors (Lipinski definition) is 2. The van der Waals surface area contributed by atoms with Gasteiger partial charge in [0.05, 0.1) is 19.7 Å². The van der Waals surface area contributed by atoms with Crippen molar-refractivity contribution in [3.63, 3.8) is 0 Å². The minimum Gasteiger partial charge on any atom is -0.497 e. The second-order valence-corrected chi connectivity index (χ2v) is 5.97. The molecule has 0 saturated carbocycles. The fourth-order valence-corrected chi connectivity index (χ4v) is 2.40. The molecule has 6 heteroatoms. The number of nitrogens with one attached hydrogen (secondary N) is 1. The van der Waals surface area contributed by atoms with Gasteiger partial charge in [0.2, 0.25) is 0 Å². The Morgan fingerprint density at radius 2 is 1.72 bits per heavy atom. The molecule has 0 aliphatic heterocycles. The molecule has 1 atom stereocenters. The van der Waals surface area contributed by atoms with Gasteiger partial charge in [-0.05, 0) is 50.8 Å². The molecule has 0 saturated heterocycles. The van der Waals surface area contributed by atoms with Crippen molar-refractivity contribution < 1.29 is 4.74 Å². The molecule has 2 rings (SSSR count). The lowest BCUT2D eigenvalue weighted by Crippen LogP contribution is -2.27. The number of hydrogen-bond acceptors (Lipinski definition) is 3. The monoisotopic (exact) mass is 454 g/mol. The van der Waals surface area contributed by atoms with Crippen molar-refractivity contribution in [2.24, 2.45) is 10.7 Å². The highest BCUT2D eigenvalue weighted by molar-refractivity contribution is 14.0. The highest BCUT2D eigenvalue weighted by Gasteiger charge is 2.13. The van der Waals surface area contributed by atoms with E-state index in [2.05, 4.69) is 46.4 Å². The summed E-state index contributed by atoms with van der Waals surface area (Å²) in [5.74, 6) is 1.21. The molecule has 0 fully saturated rings. The first-order chi connectivity index (χ1) is 11.5. The highest BCUT2D eigenvalue weighted by atomic mass is 127. The van der Waals surface area contributed by atoms with E-state index < -0.39 is 0 Å². The molecule has 0 radical (unpaired) electrons. The summed E-state index contributed by atoms with van der Waals surface area (Å²) in [6.45, 7) is 2.68. The molecular formula is C19H27IN4O. The fraction of sp³-hybridized carbons (Fsp3) is 0.316. The zero-order valence-electron chi connectivity index (χ0n) is 15.2. The summed E-state index contributed by atoms with van der Waals surface area (Å²) in [4.78, 5) is 6.64. The van der Waals surface area contributed by atoms with E-state index in [4.69, 9.17) is 10.5 Å². The molecule has 5 nitrogen and oxygen atoms in total. The molecule has 136 valence electrons. The van der Waals surface area contributed by atoms with Crippen LogP contribution >= 0.6 is 24.0 Å². The normalized spacial score (nSPS) is 12.4. The van der Waals surface area contributed by atoms with Crippen molar-refractivity contribution >= 4 is 35.6 Å². The van der Waals surface area contributed by atoms with E-state index >= 15 is 0 Å². The van der Waals surface area contributed by atoms with Gasteiger partial charge in [0.15, 0.2) is 5.96 Å². The molecule has 1 unspecified atom stereocenters. The van der Waals surface area contributed by atoms with Gasteiger partial charge in [-0.2, -0.15) is 0 Å². The van der Waals surface area contributed by atoms with Gasteiger partial charge < -0.3 is 20.7 Å². The molecule has 2 aromatic carbocycles. The van der Waals surface area contributed by atoms with Crippen LogP contribution in [0.3, 0.4) is 0 Å². The summed E-state index contributed by atoms with van der Waals surface area (Å²) in [5, 5.41) is 3.10. The maximum Gasteiger partial charge on any atom is 0.193 e. The van der Waals surface area contributed by atoms with E-state index in [1.54, 1.807) is 7.11 Å². The number of benzene rings is 2. The number of likely N-dealkylation sites (N-methyl/N-ethyl adjacent to an activating group) is 1. The number of aliphatic imine (C=N–C) groups is 1. The van der Waals surface area contributed by atoms with Crippen molar-refractivity contribution in [2.75, 3.05) is 33.1 Å². The molecule has 3 N–H and O–H groups in total. The first kappa shape index (κ1) is 21.2. The molecule has 0 bridgehead atoms. The first-order valence-corrected chi connectivity index (χ1v) is 7.93. The van der Waals surface area contributed by atoms with E-state index in [1.807, 2.05) is 38.4 Å². The second-order valence-electron chi connectivity index (χ2n) is 5.97. The first-order valence-electron chi connectivity index (χ1n) is 7.93. The average molecular weight is 454 g/mol. The van der Waals surface area contributed by atoms with Crippen LogP contribution in [-0.4, -0.2) is 38.6 Å². The Bertz CT molecular complexity index is 669. The Kier molecular flexibility index (Phi) is 8.71. The highest BCUT2D eigenvalue weighted by Crippen LogP contribution is 2.19. The third-order valence-corrected chi connectivity index (χ3v) is 3.88. The van der Waals surface area contributed by atoms with Gasteiger partial charge in [0.1, 0.15) is 5.75 Å². The van der Waals surface area contributed by atoms with Crippen LogP contribution in [0.4, 0.5) is 5.69 Å². The zero-order valence-corrected chi connectivity index (χ0v) is 17.5. The van der Waals surface area contributed by atoms with Crippen molar-refractivity contribution in [3.05, 3.63) is 59.7 Å². The summed E-state index contributed by atoms with van der Waals surface area (Å²) in [5.41, 5.74) is 9.38. The molecule has 0 aliphatic carbocycles. The third-order valence-electron chi connectivity index (χ3n) is 3.88. The van der Waals surface area contributed by atoms with Crippen LogP contribution < -0.4 is 15.8 Å². The predicted molar refractivity (Wildman–Crippen MR) is 116 cm³/mol. The molecule has 0 heterocycles. The Balaban J connectivity index is 0.00000312. The summed E-state index contributed by atoms with van der Waals surface area (Å²) >= 11 is 0. The quantitative estimate of drug-likeness (QED) is 0.398. The SMILES string of the molecule is COc1ccc(NC(N)=NCC(c2ccc(C)cc2)N(C)C)cc1.I. The van der Waals surface area contributed by atoms with Gasteiger partial charge >= 0.3 is 0 Å². The Morgan fingerprint density at radius 3 is 2.24 bits per heavy atom. The van der Waals surface area contributed by atoms with Crippen molar-refractivity contribution in [1.82, 2.24) is 4.90 Å². The largest absolute Gasteiger partial charge is 0.497 e. The minimum absolute atomic E-state index is 0. The van der Waals surface area contributed by atoms with Gasteiger partial charge in [-0.1, -0.05) is 29.8 Å². The number of halogens is 1. The topological polar surface area (TPSA) is 62.9 Å².